The van der Waals surface area contributed by atoms with Crippen molar-refractivity contribution in [3.8, 4) is 0 Å². The minimum absolute atomic E-state index is 0.505. The maximum Gasteiger partial charge on any atom is 0.187 e. The van der Waals surface area contributed by atoms with E-state index < -0.39 is 14.6 Å². The molecule has 1 aliphatic heterocycles. The molecule has 0 aromatic heterocycles. The molecule has 2 aliphatic rings. The minimum atomic E-state index is -3.17. The minimum Gasteiger partial charge on any atom is -0.382 e. The Balaban J connectivity index is 2.22. The van der Waals surface area contributed by atoms with Crippen LogP contribution in [0.2, 0.25) is 0 Å². The molecule has 0 radical (unpaired) electrons. The summed E-state index contributed by atoms with van der Waals surface area (Å²) in [6.45, 7) is 2.53. The van der Waals surface area contributed by atoms with E-state index in [4.69, 9.17) is 0 Å². The van der Waals surface area contributed by atoms with Gasteiger partial charge in [0.15, 0.2) is 9.84 Å². The van der Waals surface area contributed by atoms with Gasteiger partial charge in [0.1, 0.15) is 0 Å². The molecule has 0 saturated heterocycles. The van der Waals surface area contributed by atoms with Gasteiger partial charge in [0.2, 0.25) is 0 Å². The van der Waals surface area contributed by atoms with E-state index >= 15 is 0 Å². The fourth-order valence-electron chi connectivity index (χ4n) is 3.13. The monoisotopic (exact) mass is 251 g/mol. The van der Waals surface area contributed by atoms with Gasteiger partial charge in [0.05, 0.1) is 15.3 Å². The van der Waals surface area contributed by atoms with Crippen LogP contribution < -0.4 is 5.32 Å². The molecule has 1 spiro atoms. The molecule has 3 rings (SSSR count). The fraction of sp³-hybridized carbons (Fsp3) is 0.538. The third kappa shape index (κ3) is 1.36. The number of aryl methyl sites for hydroxylation is 1. The van der Waals surface area contributed by atoms with Crippen molar-refractivity contribution in [2.24, 2.45) is 0 Å². The highest BCUT2D eigenvalue weighted by Crippen LogP contribution is 2.46. The van der Waals surface area contributed by atoms with Gasteiger partial charge in [0.25, 0.3) is 0 Å². The van der Waals surface area contributed by atoms with Crippen LogP contribution in [0.1, 0.15) is 31.2 Å². The van der Waals surface area contributed by atoms with E-state index in [0.717, 1.165) is 36.9 Å². The molecule has 1 aromatic rings. The van der Waals surface area contributed by atoms with Crippen LogP contribution in [0.3, 0.4) is 0 Å². The van der Waals surface area contributed by atoms with Gasteiger partial charge < -0.3 is 5.32 Å². The summed E-state index contributed by atoms with van der Waals surface area (Å²) in [4.78, 5) is 0.505. The standard InChI is InChI=1S/C13H17NO2S/c1-10-5-4-6-11-12(10)14-9-13(17(11,15)16)7-2-3-8-13/h4-6,14H,2-3,7-9H2,1H3. The molecule has 1 fully saturated rings. The van der Waals surface area contributed by atoms with Gasteiger partial charge in [-0.1, -0.05) is 25.0 Å². The largest absolute Gasteiger partial charge is 0.382 e. The van der Waals surface area contributed by atoms with E-state index in [1.165, 1.54) is 0 Å². The average Bonchev–Trinajstić information content (AvgIpc) is 2.75. The Morgan fingerprint density at radius 2 is 1.94 bits per heavy atom. The van der Waals surface area contributed by atoms with Crippen LogP contribution >= 0.6 is 0 Å². The first-order valence-electron chi connectivity index (χ1n) is 6.15. The van der Waals surface area contributed by atoms with E-state index in [0.29, 0.717) is 11.4 Å². The summed E-state index contributed by atoms with van der Waals surface area (Å²) in [5.41, 5.74) is 1.82. The number of fused-ring (bicyclic) bond motifs is 1. The van der Waals surface area contributed by atoms with Gasteiger partial charge in [-0.15, -0.1) is 0 Å². The Hall–Kier alpha value is -1.03. The Kier molecular flexibility index (Phi) is 2.27. The molecule has 4 heteroatoms. The number of anilines is 1. The number of nitrogens with one attached hydrogen (secondary N) is 1. The van der Waals surface area contributed by atoms with Crippen molar-refractivity contribution >= 4 is 15.5 Å². The molecule has 92 valence electrons. The first-order chi connectivity index (χ1) is 8.07. The van der Waals surface area contributed by atoms with Gasteiger partial charge in [-0.05, 0) is 31.4 Å². The molecule has 3 nitrogen and oxygen atoms in total. The quantitative estimate of drug-likeness (QED) is 0.770. The zero-order valence-electron chi connectivity index (χ0n) is 9.99. The lowest BCUT2D eigenvalue weighted by molar-refractivity contribution is 0.516. The summed E-state index contributed by atoms with van der Waals surface area (Å²) < 4.78 is 24.9. The molecule has 0 unspecified atom stereocenters. The summed E-state index contributed by atoms with van der Waals surface area (Å²) in [6.07, 6.45) is 3.66. The lowest BCUT2D eigenvalue weighted by Crippen LogP contribution is -2.46. The van der Waals surface area contributed by atoms with Crippen LogP contribution in [-0.4, -0.2) is 19.7 Å². The number of para-hydroxylation sites is 1. The molecule has 17 heavy (non-hydrogen) atoms. The number of sulfone groups is 1. The highest BCUT2D eigenvalue weighted by molar-refractivity contribution is 7.93. The lowest BCUT2D eigenvalue weighted by Gasteiger charge is -2.35. The zero-order valence-corrected chi connectivity index (χ0v) is 10.8. The third-order valence-electron chi connectivity index (χ3n) is 4.20. The number of rotatable bonds is 0. The molecule has 0 amide bonds. The molecule has 1 aromatic carbocycles. The van der Waals surface area contributed by atoms with Crippen molar-refractivity contribution in [1.29, 1.82) is 0 Å². The van der Waals surface area contributed by atoms with Crippen molar-refractivity contribution in [3.05, 3.63) is 23.8 Å². The van der Waals surface area contributed by atoms with Crippen LogP contribution in [0, 0.1) is 6.92 Å². The molecular formula is C13H17NO2S. The Morgan fingerprint density at radius 1 is 1.24 bits per heavy atom. The van der Waals surface area contributed by atoms with E-state index in [1.54, 1.807) is 6.07 Å². The summed E-state index contributed by atoms with van der Waals surface area (Å²) in [5.74, 6) is 0. The van der Waals surface area contributed by atoms with E-state index in [-0.39, 0.29) is 0 Å². The normalized spacial score (nSPS) is 24.3. The second kappa shape index (κ2) is 3.48. The second-order valence-electron chi connectivity index (χ2n) is 5.20. The first-order valence-corrected chi connectivity index (χ1v) is 7.63. The fourth-order valence-corrected chi connectivity index (χ4v) is 5.45. The van der Waals surface area contributed by atoms with Crippen LogP contribution in [0.4, 0.5) is 5.69 Å². The molecule has 1 aliphatic carbocycles. The van der Waals surface area contributed by atoms with Gasteiger partial charge in [-0.3, -0.25) is 0 Å². The van der Waals surface area contributed by atoms with Crippen molar-refractivity contribution in [2.75, 3.05) is 11.9 Å². The second-order valence-corrected chi connectivity index (χ2v) is 7.51. The summed E-state index contributed by atoms with van der Waals surface area (Å²) >= 11 is 0. The van der Waals surface area contributed by atoms with E-state index in [1.807, 2.05) is 19.1 Å². The maximum atomic E-state index is 12.7. The van der Waals surface area contributed by atoms with Crippen molar-refractivity contribution in [2.45, 2.75) is 42.2 Å². The number of hydrogen-bond donors (Lipinski definition) is 1. The molecule has 1 saturated carbocycles. The first kappa shape index (κ1) is 11.1. The van der Waals surface area contributed by atoms with Gasteiger partial charge in [-0.2, -0.15) is 0 Å². The van der Waals surface area contributed by atoms with Gasteiger partial charge >= 0.3 is 0 Å². The highest BCUT2D eigenvalue weighted by Gasteiger charge is 2.49. The van der Waals surface area contributed by atoms with Gasteiger partial charge in [0, 0.05) is 6.54 Å². The lowest BCUT2D eigenvalue weighted by atomic mass is 10.1. The van der Waals surface area contributed by atoms with E-state index in [2.05, 4.69) is 5.32 Å². The highest BCUT2D eigenvalue weighted by atomic mass is 32.2. The zero-order chi connectivity index (χ0) is 12.1. The topological polar surface area (TPSA) is 46.2 Å². The Labute approximate surface area is 102 Å². The summed E-state index contributed by atoms with van der Waals surface area (Å²) in [6, 6.07) is 5.53. The predicted octanol–water partition coefficient (Wildman–Crippen LogP) is 2.51. The predicted molar refractivity (Wildman–Crippen MR) is 68.1 cm³/mol. The summed E-state index contributed by atoms with van der Waals surface area (Å²) in [7, 11) is -3.17. The van der Waals surface area contributed by atoms with Gasteiger partial charge in [-0.25, -0.2) is 8.42 Å². The van der Waals surface area contributed by atoms with Crippen molar-refractivity contribution in [3.63, 3.8) is 0 Å². The molecule has 1 N–H and O–H groups in total. The molecule has 1 heterocycles. The Bertz CT molecular complexity index is 557. The van der Waals surface area contributed by atoms with Crippen LogP contribution in [0.25, 0.3) is 0 Å². The maximum absolute atomic E-state index is 12.7. The number of benzene rings is 1. The van der Waals surface area contributed by atoms with Crippen LogP contribution in [0.5, 0.6) is 0 Å². The van der Waals surface area contributed by atoms with Crippen LogP contribution in [0.15, 0.2) is 23.1 Å². The third-order valence-corrected chi connectivity index (χ3v) is 6.81. The van der Waals surface area contributed by atoms with E-state index in [9.17, 15) is 8.42 Å². The molecule has 0 bridgehead atoms. The average molecular weight is 251 g/mol. The van der Waals surface area contributed by atoms with Crippen molar-refractivity contribution in [1.82, 2.24) is 0 Å². The molecule has 0 atom stereocenters. The molecular weight excluding hydrogens is 234 g/mol. The SMILES string of the molecule is Cc1cccc2c1NCC1(CCCC1)S2(=O)=O. The van der Waals surface area contributed by atoms with Crippen LogP contribution in [-0.2, 0) is 9.84 Å². The number of hydrogen-bond acceptors (Lipinski definition) is 3. The summed E-state index contributed by atoms with van der Waals surface area (Å²) in [5, 5.41) is 3.34. The smallest absolute Gasteiger partial charge is 0.187 e. The van der Waals surface area contributed by atoms with Crippen molar-refractivity contribution < 1.29 is 8.42 Å². The Morgan fingerprint density at radius 3 is 2.65 bits per heavy atom.